The van der Waals surface area contributed by atoms with E-state index in [0.717, 1.165) is 0 Å². The van der Waals surface area contributed by atoms with Gasteiger partial charge in [-0.25, -0.2) is 0 Å². The summed E-state index contributed by atoms with van der Waals surface area (Å²) >= 11 is 0. The second-order valence-corrected chi connectivity index (χ2v) is 3.71. The molecule has 0 aromatic heterocycles. The first-order valence-electron chi connectivity index (χ1n) is 5.44. The molecule has 12 heteroatoms. The van der Waals surface area contributed by atoms with Crippen molar-refractivity contribution in [1.29, 1.82) is 0 Å². The van der Waals surface area contributed by atoms with Gasteiger partial charge >= 0.3 is 92.9 Å². The molecule has 116 valence electrons. The Bertz CT molecular complexity index is 335. The zero-order valence-corrected chi connectivity index (χ0v) is 17.6. The molecule has 10 nitrogen and oxygen atoms in total. The molecule has 0 radical (unpaired) electrons. The van der Waals surface area contributed by atoms with Gasteiger partial charge in [0.05, 0.1) is 5.97 Å². The fraction of sp³-hybridized carbons (Fsp3) is 0.600. The Kier molecular flexibility index (Phi) is 24.5. The van der Waals surface area contributed by atoms with Crippen LogP contribution in [-0.4, -0.2) is 46.2 Å². The Morgan fingerprint density at radius 2 is 1.32 bits per heavy atom. The normalized spacial score (nSPS) is 11.4. The molecule has 0 spiro atoms. The third-order valence-electron chi connectivity index (χ3n) is 1.95. The predicted octanol–water partition coefficient (Wildman–Crippen LogP) is -10.1. The number of nitrogens with two attached hydrogens (primary N) is 2. The van der Waals surface area contributed by atoms with Crippen molar-refractivity contribution in [3.8, 4) is 0 Å². The van der Waals surface area contributed by atoms with E-state index >= 15 is 0 Å². The van der Waals surface area contributed by atoms with Crippen LogP contribution < -0.4 is 103 Å². The molecule has 0 aliphatic carbocycles. The Balaban J connectivity index is -0.000000135. The van der Waals surface area contributed by atoms with Crippen molar-refractivity contribution in [2.45, 2.75) is 37.8 Å². The first-order valence-corrected chi connectivity index (χ1v) is 5.44. The fourth-order valence-corrected chi connectivity index (χ4v) is 0.794. The van der Waals surface area contributed by atoms with Gasteiger partial charge in [0.1, 0.15) is 6.04 Å². The Morgan fingerprint density at radius 3 is 1.59 bits per heavy atom. The molecular formula is C10H16KN2NaO8. The maximum Gasteiger partial charge on any atom is 1.00 e. The minimum absolute atomic E-state index is 0. The van der Waals surface area contributed by atoms with E-state index in [1.165, 1.54) is 0 Å². The molecule has 0 heterocycles. The second-order valence-electron chi connectivity index (χ2n) is 3.71. The van der Waals surface area contributed by atoms with Crippen LogP contribution in [0.2, 0.25) is 0 Å². The zero-order chi connectivity index (χ0) is 16.3. The van der Waals surface area contributed by atoms with E-state index < -0.39 is 36.0 Å². The number of carboxylic acids is 4. The first kappa shape index (κ1) is 30.3. The van der Waals surface area contributed by atoms with Gasteiger partial charge in [-0.2, -0.15) is 0 Å². The van der Waals surface area contributed by atoms with Crippen molar-refractivity contribution in [3.05, 3.63) is 0 Å². The number of aliphatic carboxylic acids is 4. The summed E-state index contributed by atoms with van der Waals surface area (Å²) in [7, 11) is 0. The standard InChI is InChI=1S/2C5H9NO4.K.Na/c2*6-3(5(9)10)1-2-4(7)8;;/h2*3H,1-2,6H2,(H,7,8)(H,9,10);;/q;;2*+1/p-2. The van der Waals surface area contributed by atoms with Crippen molar-refractivity contribution in [1.82, 2.24) is 0 Å². The summed E-state index contributed by atoms with van der Waals surface area (Å²) in [4.78, 5) is 39.5. The minimum atomic E-state index is -1.44. The van der Waals surface area contributed by atoms with Gasteiger partial charge in [-0.3, -0.25) is 9.59 Å². The van der Waals surface area contributed by atoms with E-state index in [4.69, 9.17) is 21.7 Å². The Hall–Kier alpha value is 0.436. The summed E-state index contributed by atoms with van der Waals surface area (Å²) in [5.41, 5.74) is 9.91. The molecule has 2 atom stereocenters. The van der Waals surface area contributed by atoms with Gasteiger partial charge in [0.25, 0.3) is 0 Å². The van der Waals surface area contributed by atoms with Crippen LogP contribution in [0.25, 0.3) is 0 Å². The van der Waals surface area contributed by atoms with E-state index in [2.05, 4.69) is 0 Å². The van der Waals surface area contributed by atoms with Crippen LogP contribution in [0.3, 0.4) is 0 Å². The van der Waals surface area contributed by atoms with Crippen molar-refractivity contribution in [2.75, 3.05) is 0 Å². The molecule has 2 unspecified atom stereocenters. The molecule has 0 saturated heterocycles. The van der Waals surface area contributed by atoms with Crippen molar-refractivity contribution < 1.29 is 121 Å². The van der Waals surface area contributed by atoms with Gasteiger partial charge in [-0.05, 0) is 19.3 Å². The summed E-state index contributed by atoms with van der Waals surface area (Å²) in [5, 5.41) is 35.9. The summed E-state index contributed by atoms with van der Waals surface area (Å²) in [6.07, 6.45) is -0.724. The van der Waals surface area contributed by atoms with Gasteiger partial charge in [-0.15, -0.1) is 0 Å². The maximum absolute atomic E-state index is 9.99. The smallest absolute Gasteiger partial charge is 0.550 e. The topological polar surface area (TPSA) is 207 Å². The van der Waals surface area contributed by atoms with Crippen LogP contribution >= 0.6 is 0 Å². The average molecular weight is 354 g/mol. The van der Waals surface area contributed by atoms with E-state index in [9.17, 15) is 29.4 Å². The Labute approximate surface area is 191 Å². The van der Waals surface area contributed by atoms with E-state index in [1.807, 2.05) is 0 Å². The third kappa shape index (κ3) is 22.7. The molecule has 0 aromatic carbocycles. The number of hydrogen-bond acceptors (Lipinski definition) is 8. The molecule has 0 aliphatic heterocycles. The SMILES string of the molecule is NC(CCC(=O)O)C(=O)O.NC(CCC(=O)[O-])C(=O)[O-].[K+].[Na+]. The van der Waals surface area contributed by atoms with Gasteiger partial charge < -0.3 is 41.5 Å². The number of carboxylic acid groups (broad SMARTS) is 4. The summed E-state index contributed by atoms with van der Waals surface area (Å²) < 4.78 is 0. The summed E-state index contributed by atoms with van der Waals surface area (Å²) in [5.74, 6) is -4.95. The largest absolute Gasteiger partial charge is 1.00 e. The molecule has 0 fully saturated rings. The van der Waals surface area contributed by atoms with Gasteiger partial charge in [-0.1, -0.05) is 0 Å². The number of hydrogen-bond donors (Lipinski definition) is 4. The molecule has 22 heavy (non-hydrogen) atoms. The maximum atomic E-state index is 9.99. The van der Waals surface area contributed by atoms with Crippen LogP contribution in [0, 0.1) is 0 Å². The molecule has 0 aromatic rings. The van der Waals surface area contributed by atoms with Crippen LogP contribution in [-0.2, 0) is 19.2 Å². The van der Waals surface area contributed by atoms with Gasteiger partial charge in [0, 0.05) is 18.4 Å². The predicted molar refractivity (Wildman–Crippen MR) is 59.7 cm³/mol. The van der Waals surface area contributed by atoms with E-state index in [0.29, 0.717) is 0 Å². The van der Waals surface area contributed by atoms with Crippen LogP contribution in [0.5, 0.6) is 0 Å². The number of carbonyl (C=O) groups is 4. The van der Waals surface area contributed by atoms with Crippen molar-refractivity contribution in [2.24, 2.45) is 11.5 Å². The summed E-state index contributed by atoms with van der Waals surface area (Å²) in [6, 6.07) is -2.27. The fourth-order valence-electron chi connectivity index (χ4n) is 0.794. The molecule has 6 N–H and O–H groups in total. The molecule has 0 amide bonds. The molecule has 0 saturated carbocycles. The number of carbonyl (C=O) groups excluding carboxylic acids is 2. The van der Waals surface area contributed by atoms with Crippen molar-refractivity contribution in [3.63, 3.8) is 0 Å². The number of rotatable bonds is 8. The van der Waals surface area contributed by atoms with Gasteiger partial charge in [0.15, 0.2) is 0 Å². The van der Waals surface area contributed by atoms with Crippen LogP contribution in [0.15, 0.2) is 0 Å². The molecule has 0 aliphatic rings. The molecular weight excluding hydrogens is 338 g/mol. The Morgan fingerprint density at radius 1 is 0.909 bits per heavy atom. The van der Waals surface area contributed by atoms with E-state index in [-0.39, 0.29) is 107 Å². The summed E-state index contributed by atoms with van der Waals surface area (Å²) in [6.45, 7) is 0. The molecule has 0 rings (SSSR count). The van der Waals surface area contributed by atoms with Crippen molar-refractivity contribution >= 4 is 23.9 Å². The van der Waals surface area contributed by atoms with Gasteiger partial charge in [0.2, 0.25) is 0 Å². The van der Waals surface area contributed by atoms with E-state index in [1.54, 1.807) is 0 Å². The second kappa shape index (κ2) is 17.8. The zero-order valence-electron chi connectivity index (χ0n) is 12.5. The van der Waals surface area contributed by atoms with Crippen LogP contribution in [0.4, 0.5) is 0 Å². The first-order chi connectivity index (χ1) is 9.07. The molecule has 0 bridgehead atoms. The van der Waals surface area contributed by atoms with Crippen LogP contribution in [0.1, 0.15) is 25.7 Å². The quantitative estimate of drug-likeness (QED) is 0.302. The monoisotopic (exact) mass is 354 g/mol. The minimum Gasteiger partial charge on any atom is -0.550 e. The average Bonchev–Trinajstić information content (AvgIpc) is 2.33. The third-order valence-corrected chi connectivity index (χ3v) is 1.95.